The highest BCUT2D eigenvalue weighted by atomic mass is 16.6. The number of aryl methyl sites for hydroxylation is 1. The molecule has 25 heavy (non-hydrogen) atoms. The summed E-state index contributed by atoms with van der Waals surface area (Å²) in [7, 11) is 0. The van der Waals surface area contributed by atoms with Crippen molar-refractivity contribution >= 4 is 11.5 Å². The fourth-order valence-corrected chi connectivity index (χ4v) is 2.36. The van der Waals surface area contributed by atoms with Crippen LogP contribution in [0.2, 0.25) is 0 Å². The van der Waals surface area contributed by atoms with E-state index < -0.39 is 0 Å². The van der Waals surface area contributed by atoms with Gasteiger partial charge in [0.1, 0.15) is 24.8 Å². The van der Waals surface area contributed by atoms with Crippen molar-refractivity contribution < 1.29 is 9.57 Å². The molecule has 2 rings (SSSR count). The monoisotopic (exact) mass is 339 g/mol. The fraction of sp³-hybridized carbons (Fsp3) is 0.300. The summed E-state index contributed by atoms with van der Waals surface area (Å²) >= 11 is 0. The van der Waals surface area contributed by atoms with Crippen LogP contribution in [0.25, 0.3) is 0 Å². The number of rotatable bonds is 8. The Morgan fingerprint density at radius 3 is 2.48 bits per heavy atom. The van der Waals surface area contributed by atoms with E-state index in [9.17, 15) is 0 Å². The van der Waals surface area contributed by atoms with Crippen molar-refractivity contribution in [1.29, 1.82) is 0 Å². The third-order valence-corrected chi connectivity index (χ3v) is 3.61. The molecule has 0 saturated carbocycles. The van der Waals surface area contributed by atoms with Gasteiger partial charge >= 0.3 is 0 Å². The zero-order valence-corrected chi connectivity index (χ0v) is 15.0. The summed E-state index contributed by atoms with van der Waals surface area (Å²) in [5.74, 6) is 1.22. The van der Waals surface area contributed by atoms with Crippen LogP contribution in [0, 0.1) is 6.92 Å². The predicted molar refractivity (Wildman–Crippen MR) is 102 cm³/mol. The van der Waals surface area contributed by atoms with Crippen molar-refractivity contribution in [3.63, 3.8) is 0 Å². The van der Waals surface area contributed by atoms with Gasteiger partial charge in [0, 0.05) is 12.1 Å². The number of nitrogens with two attached hydrogens (primary N) is 1. The van der Waals surface area contributed by atoms with Crippen LogP contribution in [0.3, 0.4) is 0 Å². The number of benzene rings is 2. The number of hydrogen-bond donors (Lipinski definition) is 1. The SMILES string of the molecule is CCN=C(N)C(=NOCC)c1ccccc1COc1ccccc1C. The minimum absolute atomic E-state index is 0.360. The normalized spacial score (nSPS) is 12.1. The van der Waals surface area contributed by atoms with E-state index in [0.29, 0.717) is 31.3 Å². The second kappa shape index (κ2) is 9.47. The van der Waals surface area contributed by atoms with Crippen LogP contribution in [0.5, 0.6) is 5.75 Å². The summed E-state index contributed by atoms with van der Waals surface area (Å²) < 4.78 is 5.98. The zero-order chi connectivity index (χ0) is 18.1. The summed E-state index contributed by atoms with van der Waals surface area (Å²) in [5, 5.41) is 4.17. The molecule has 0 aliphatic carbocycles. The van der Waals surface area contributed by atoms with E-state index in [0.717, 1.165) is 22.4 Å². The van der Waals surface area contributed by atoms with Crippen molar-refractivity contribution in [2.45, 2.75) is 27.4 Å². The van der Waals surface area contributed by atoms with Crippen molar-refractivity contribution in [3.8, 4) is 5.75 Å². The van der Waals surface area contributed by atoms with E-state index in [1.807, 2.05) is 69.3 Å². The molecule has 5 heteroatoms. The molecule has 2 N–H and O–H groups in total. The first-order valence-electron chi connectivity index (χ1n) is 8.44. The number of ether oxygens (including phenoxy) is 1. The Bertz CT molecular complexity index is 754. The number of para-hydroxylation sites is 1. The summed E-state index contributed by atoms with van der Waals surface area (Å²) in [4.78, 5) is 9.51. The van der Waals surface area contributed by atoms with Crippen molar-refractivity contribution in [2.24, 2.45) is 15.9 Å². The van der Waals surface area contributed by atoms with Crippen molar-refractivity contribution in [2.75, 3.05) is 13.2 Å². The third kappa shape index (κ3) is 5.08. The van der Waals surface area contributed by atoms with Crippen LogP contribution in [0.4, 0.5) is 0 Å². The first kappa shape index (κ1) is 18.5. The van der Waals surface area contributed by atoms with E-state index in [1.165, 1.54) is 0 Å². The first-order chi connectivity index (χ1) is 12.2. The molecule has 0 radical (unpaired) electrons. The van der Waals surface area contributed by atoms with Gasteiger partial charge in [-0.25, -0.2) is 0 Å². The minimum atomic E-state index is 0.360. The average molecular weight is 339 g/mol. The van der Waals surface area contributed by atoms with Gasteiger partial charge in [-0.15, -0.1) is 0 Å². The number of oxime groups is 1. The molecule has 0 fully saturated rings. The molecule has 0 heterocycles. The van der Waals surface area contributed by atoms with Gasteiger partial charge in [-0.3, -0.25) is 4.99 Å². The van der Waals surface area contributed by atoms with Crippen molar-refractivity contribution in [3.05, 3.63) is 65.2 Å². The third-order valence-electron chi connectivity index (χ3n) is 3.61. The molecular formula is C20H25N3O2. The number of hydrogen-bond acceptors (Lipinski definition) is 4. The molecule has 2 aromatic rings. The molecule has 0 bridgehead atoms. The summed E-state index contributed by atoms with van der Waals surface area (Å²) in [5.41, 5.74) is 9.56. The number of amidine groups is 1. The maximum absolute atomic E-state index is 6.10. The van der Waals surface area contributed by atoms with Crippen LogP contribution >= 0.6 is 0 Å². The molecule has 0 aliphatic rings. The fourth-order valence-electron chi connectivity index (χ4n) is 2.36. The maximum Gasteiger partial charge on any atom is 0.152 e. The van der Waals surface area contributed by atoms with Gasteiger partial charge in [-0.05, 0) is 38.0 Å². The lowest BCUT2D eigenvalue weighted by molar-refractivity contribution is 0.159. The van der Waals surface area contributed by atoms with Gasteiger partial charge in [0.25, 0.3) is 0 Å². The smallest absolute Gasteiger partial charge is 0.152 e. The van der Waals surface area contributed by atoms with Gasteiger partial charge in [-0.1, -0.05) is 47.6 Å². The molecule has 0 saturated heterocycles. The Labute approximate surface area is 149 Å². The lowest BCUT2D eigenvalue weighted by atomic mass is 10.0. The van der Waals surface area contributed by atoms with Crippen LogP contribution in [-0.2, 0) is 11.4 Å². The number of aliphatic imine (C=N–C) groups is 1. The predicted octanol–water partition coefficient (Wildman–Crippen LogP) is 3.69. The van der Waals surface area contributed by atoms with Gasteiger partial charge in [0.15, 0.2) is 5.71 Å². The summed E-state index contributed by atoms with van der Waals surface area (Å²) in [6.07, 6.45) is 0. The highest BCUT2D eigenvalue weighted by molar-refractivity contribution is 6.47. The standard InChI is InChI=1S/C20H25N3O2/c1-4-22-20(21)19(23-25-5-2)17-12-8-7-11-16(17)14-24-18-13-9-6-10-15(18)3/h6-13H,4-5,14H2,1-3H3,(H2,21,22). The average Bonchev–Trinajstić information content (AvgIpc) is 2.62. The second-order valence-electron chi connectivity index (χ2n) is 5.43. The molecule has 0 aromatic heterocycles. The van der Waals surface area contributed by atoms with E-state index >= 15 is 0 Å². The molecule has 0 spiro atoms. The lowest BCUT2D eigenvalue weighted by Gasteiger charge is -2.14. The van der Waals surface area contributed by atoms with Crippen LogP contribution < -0.4 is 10.5 Å². The van der Waals surface area contributed by atoms with E-state index in [-0.39, 0.29) is 0 Å². The highest BCUT2D eigenvalue weighted by Gasteiger charge is 2.14. The Morgan fingerprint density at radius 1 is 1.04 bits per heavy atom. The molecule has 5 nitrogen and oxygen atoms in total. The summed E-state index contributed by atoms with van der Waals surface area (Å²) in [6, 6.07) is 15.8. The zero-order valence-electron chi connectivity index (χ0n) is 15.0. The second-order valence-corrected chi connectivity index (χ2v) is 5.43. The molecule has 2 aromatic carbocycles. The quantitative estimate of drug-likeness (QED) is 0.453. The Hall–Kier alpha value is -2.82. The minimum Gasteiger partial charge on any atom is -0.489 e. The van der Waals surface area contributed by atoms with E-state index in [4.69, 9.17) is 15.3 Å². The lowest BCUT2D eigenvalue weighted by Crippen LogP contribution is -2.27. The number of nitrogens with zero attached hydrogens (tertiary/aromatic N) is 2. The highest BCUT2D eigenvalue weighted by Crippen LogP contribution is 2.19. The largest absolute Gasteiger partial charge is 0.489 e. The summed E-state index contributed by atoms with van der Waals surface area (Å²) in [6.45, 7) is 7.28. The molecule has 0 amide bonds. The van der Waals surface area contributed by atoms with Crippen LogP contribution in [0.15, 0.2) is 58.7 Å². The molecule has 0 aliphatic heterocycles. The van der Waals surface area contributed by atoms with Gasteiger partial charge in [0.05, 0.1) is 0 Å². The van der Waals surface area contributed by atoms with Gasteiger partial charge < -0.3 is 15.3 Å². The van der Waals surface area contributed by atoms with Gasteiger partial charge in [-0.2, -0.15) is 0 Å². The van der Waals surface area contributed by atoms with Crippen LogP contribution in [0.1, 0.15) is 30.5 Å². The molecule has 0 atom stereocenters. The van der Waals surface area contributed by atoms with Crippen LogP contribution in [-0.4, -0.2) is 24.7 Å². The Morgan fingerprint density at radius 2 is 1.76 bits per heavy atom. The molecule has 0 unspecified atom stereocenters. The topological polar surface area (TPSA) is 69.2 Å². The Kier molecular flexibility index (Phi) is 7.01. The Balaban J connectivity index is 2.31. The maximum atomic E-state index is 6.10. The van der Waals surface area contributed by atoms with Gasteiger partial charge in [0.2, 0.25) is 0 Å². The first-order valence-corrected chi connectivity index (χ1v) is 8.44. The molecule has 132 valence electrons. The van der Waals surface area contributed by atoms with Crippen molar-refractivity contribution in [1.82, 2.24) is 0 Å². The molecular weight excluding hydrogens is 314 g/mol. The van der Waals surface area contributed by atoms with E-state index in [1.54, 1.807) is 0 Å². The van der Waals surface area contributed by atoms with E-state index in [2.05, 4.69) is 10.1 Å².